The van der Waals surface area contributed by atoms with Crippen LogP contribution in [0.4, 0.5) is 0 Å². The topological polar surface area (TPSA) is 77.8 Å². The van der Waals surface area contributed by atoms with E-state index in [1.807, 2.05) is 24.3 Å². The molecule has 5 heteroatoms. The maximum atomic E-state index is 12.5. The van der Waals surface area contributed by atoms with Crippen LogP contribution in [0.2, 0.25) is 0 Å². The average Bonchev–Trinajstić information content (AvgIpc) is 2.95. The highest BCUT2D eigenvalue weighted by atomic mass is 16.4. The average molecular weight is 285 g/mol. The smallest absolute Gasteiger partial charge is 0.326 e. The molecule has 0 aliphatic carbocycles. The molecule has 2 N–H and O–H groups in total. The molecule has 2 aromatic carbocycles. The number of carboxylic acids is 1. The SMILES string of the molecule is O=C(O)C1CCCN1C(=O)c1cc2ccccc2cc1O. The van der Waals surface area contributed by atoms with E-state index in [2.05, 4.69) is 0 Å². The summed E-state index contributed by atoms with van der Waals surface area (Å²) in [6.45, 7) is 0.405. The molecular weight excluding hydrogens is 270 g/mol. The molecule has 0 saturated carbocycles. The summed E-state index contributed by atoms with van der Waals surface area (Å²) in [5.74, 6) is -1.54. The molecule has 5 nitrogen and oxygen atoms in total. The van der Waals surface area contributed by atoms with Crippen LogP contribution in [0.3, 0.4) is 0 Å². The third-order valence-electron chi connectivity index (χ3n) is 3.89. The van der Waals surface area contributed by atoms with Gasteiger partial charge in [0.05, 0.1) is 5.56 Å². The zero-order valence-corrected chi connectivity index (χ0v) is 11.3. The van der Waals surface area contributed by atoms with Gasteiger partial charge in [0.1, 0.15) is 11.8 Å². The monoisotopic (exact) mass is 285 g/mol. The molecule has 2 aromatic rings. The molecule has 1 fully saturated rings. The zero-order chi connectivity index (χ0) is 15.0. The number of aliphatic carboxylic acids is 1. The van der Waals surface area contributed by atoms with Gasteiger partial charge in [-0.25, -0.2) is 4.79 Å². The molecule has 1 unspecified atom stereocenters. The summed E-state index contributed by atoms with van der Waals surface area (Å²) < 4.78 is 0. The lowest BCUT2D eigenvalue weighted by Gasteiger charge is -2.22. The number of carboxylic acid groups (broad SMARTS) is 1. The van der Waals surface area contributed by atoms with Crippen molar-refractivity contribution < 1.29 is 19.8 Å². The van der Waals surface area contributed by atoms with Crippen LogP contribution >= 0.6 is 0 Å². The van der Waals surface area contributed by atoms with Crippen molar-refractivity contribution in [3.8, 4) is 5.75 Å². The summed E-state index contributed by atoms with van der Waals surface area (Å²) in [7, 11) is 0. The first-order valence-corrected chi connectivity index (χ1v) is 6.83. The highest BCUT2D eigenvalue weighted by molar-refractivity contribution is 6.03. The number of aromatic hydroxyl groups is 1. The highest BCUT2D eigenvalue weighted by Gasteiger charge is 2.35. The van der Waals surface area contributed by atoms with Gasteiger partial charge < -0.3 is 15.1 Å². The Bertz CT molecular complexity index is 725. The number of benzene rings is 2. The van der Waals surface area contributed by atoms with E-state index in [-0.39, 0.29) is 11.3 Å². The van der Waals surface area contributed by atoms with Crippen LogP contribution in [0.5, 0.6) is 5.75 Å². The predicted octanol–water partition coefficient (Wildman–Crippen LogP) is 2.23. The van der Waals surface area contributed by atoms with Gasteiger partial charge in [-0.2, -0.15) is 0 Å². The molecule has 1 amide bonds. The Morgan fingerprint density at radius 3 is 2.48 bits per heavy atom. The van der Waals surface area contributed by atoms with Gasteiger partial charge >= 0.3 is 5.97 Å². The van der Waals surface area contributed by atoms with Crippen molar-refractivity contribution >= 4 is 22.6 Å². The van der Waals surface area contributed by atoms with Gasteiger partial charge in [-0.1, -0.05) is 24.3 Å². The summed E-state index contributed by atoms with van der Waals surface area (Å²) in [5, 5.41) is 20.9. The molecule has 0 aromatic heterocycles. The number of carbonyl (C=O) groups excluding carboxylic acids is 1. The van der Waals surface area contributed by atoms with Crippen molar-refractivity contribution in [1.29, 1.82) is 0 Å². The lowest BCUT2D eigenvalue weighted by molar-refractivity contribution is -0.141. The second-order valence-electron chi connectivity index (χ2n) is 5.21. The van der Waals surface area contributed by atoms with Crippen molar-refractivity contribution in [3.05, 3.63) is 42.0 Å². The molecule has 1 atom stereocenters. The normalized spacial score (nSPS) is 18.1. The predicted molar refractivity (Wildman–Crippen MR) is 77.3 cm³/mol. The van der Waals surface area contributed by atoms with E-state index < -0.39 is 17.9 Å². The fourth-order valence-corrected chi connectivity index (χ4v) is 2.82. The van der Waals surface area contributed by atoms with E-state index in [1.165, 1.54) is 11.0 Å². The Hall–Kier alpha value is -2.56. The van der Waals surface area contributed by atoms with Crippen LogP contribution in [0, 0.1) is 0 Å². The van der Waals surface area contributed by atoms with E-state index >= 15 is 0 Å². The van der Waals surface area contributed by atoms with E-state index in [4.69, 9.17) is 5.11 Å². The molecule has 1 heterocycles. The van der Waals surface area contributed by atoms with E-state index in [0.29, 0.717) is 19.4 Å². The number of nitrogens with zero attached hydrogens (tertiary/aromatic N) is 1. The van der Waals surface area contributed by atoms with E-state index in [9.17, 15) is 14.7 Å². The number of fused-ring (bicyclic) bond motifs is 1. The zero-order valence-electron chi connectivity index (χ0n) is 11.3. The molecule has 1 aliphatic heterocycles. The summed E-state index contributed by atoms with van der Waals surface area (Å²) in [5.41, 5.74) is 0.154. The second-order valence-corrected chi connectivity index (χ2v) is 5.21. The van der Waals surface area contributed by atoms with Crippen molar-refractivity contribution in [1.82, 2.24) is 4.90 Å². The summed E-state index contributed by atoms with van der Waals surface area (Å²) in [4.78, 5) is 25.0. The van der Waals surface area contributed by atoms with Gasteiger partial charge in [-0.15, -0.1) is 0 Å². The quantitative estimate of drug-likeness (QED) is 0.887. The molecule has 1 saturated heterocycles. The fourth-order valence-electron chi connectivity index (χ4n) is 2.82. The summed E-state index contributed by atoms with van der Waals surface area (Å²) in [6, 6.07) is 9.75. The molecular formula is C16H15NO4. The van der Waals surface area contributed by atoms with Gasteiger partial charge in [0.15, 0.2) is 0 Å². The number of hydrogen-bond acceptors (Lipinski definition) is 3. The molecule has 0 spiro atoms. The number of likely N-dealkylation sites (tertiary alicyclic amines) is 1. The molecule has 0 radical (unpaired) electrons. The largest absolute Gasteiger partial charge is 0.507 e. The number of rotatable bonds is 2. The minimum Gasteiger partial charge on any atom is -0.507 e. The Morgan fingerprint density at radius 1 is 1.14 bits per heavy atom. The molecule has 21 heavy (non-hydrogen) atoms. The Morgan fingerprint density at radius 2 is 1.81 bits per heavy atom. The van der Waals surface area contributed by atoms with Crippen molar-refractivity contribution in [2.75, 3.05) is 6.54 Å². The molecule has 3 rings (SSSR count). The number of phenolic OH excluding ortho intramolecular Hbond substituents is 1. The number of carbonyl (C=O) groups is 2. The first-order chi connectivity index (χ1) is 10.1. The lowest BCUT2D eigenvalue weighted by atomic mass is 10.0. The summed E-state index contributed by atoms with van der Waals surface area (Å²) >= 11 is 0. The third-order valence-corrected chi connectivity index (χ3v) is 3.89. The van der Waals surface area contributed by atoms with Crippen LogP contribution in [-0.4, -0.2) is 39.6 Å². The van der Waals surface area contributed by atoms with Crippen LogP contribution in [0.1, 0.15) is 23.2 Å². The first-order valence-electron chi connectivity index (χ1n) is 6.83. The number of amides is 1. The fraction of sp³-hybridized carbons (Fsp3) is 0.250. The summed E-state index contributed by atoms with van der Waals surface area (Å²) in [6.07, 6.45) is 1.12. The Balaban J connectivity index is 2.01. The van der Waals surface area contributed by atoms with Crippen LogP contribution in [0.25, 0.3) is 10.8 Å². The van der Waals surface area contributed by atoms with Crippen molar-refractivity contribution in [2.24, 2.45) is 0 Å². The van der Waals surface area contributed by atoms with Gasteiger partial charge in [0.25, 0.3) is 5.91 Å². The van der Waals surface area contributed by atoms with Gasteiger partial charge in [0.2, 0.25) is 0 Å². The molecule has 108 valence electrons. The Labute approximate surface area is 121 Å². The van der Waals surface area contributed by atoms with Crippen molar-refractivity contribution in [2.45, 2.75) is 18.9 Å². The van der Waals surface area contributed by atoms with Crippen LogP contribution in [0.15, 0.2) is 36.4 Å². The van der Waals surface area contributed by atoms with Crippen molar-refractivity contribution in [3.63, 3.8) is 0 Å². The number of phenols is 1. The third kappa shape index (κ3) is 2.31. The molecule has 1 aliphatic rings. The van der Waals surface area contributed by atoms with Gasteiger partial charge in [-0.3, -0.25) is 4.79 Å². The Kier molecular flexibility index (Phi) is 3.25. The minimum absolute atomic E-state index is 0.116. The maximum Gasteiger partial charge on any atom is 0.326 e. The minimum atomic E-state index is -0.999. The second kappa shape index (κ2) is 5.09. The van der Waals surface area contributed by atoms with Gasteiger partial charge in [-0.05, 0) is 35.7 Å². The maximum absolute atomic E-state index is 12.5. The van der Waals surface area contributed by atoms with Gasteiger partial charge in [0, 0.05) is 6.54 Å². The molecule has 0 bridgehead atoms. The van der Waals surface area contributed by atoms with E-state index in [1.54, 1.807) is 6.07 Å². The van der Waals surface area contributed by atoms with Crippen LogP contribution < -0.4 is 0 Å². The highest BCUT2D eigenvalue weighted by Crippen LogP contribution is 2.28. The standard InChI is InChI=1S/C16H15NO4/c18-14-9-11-5-2-1-4-10(11)8-12(14)15(19)17-7-3-6-13(17)16(20)21/h1-2,4-5,8-9,13,18H,3,6-7H2,(H,20,21). The van der Waals surface area contributed by atoms with E-state index in [0.717, 1.165) is 10.8 Å². The lowest BCUT2D eigenvalue weighted by Crippen LogP contribution is -2.40. The first kappa shape index (κ1) is 13.4. The van der Waals surface area contributed by atoms with Crippen LogP contribution in [-0.2, 0) is 4.79 Å². The number of hydrogen-bond donors (Lipinski definition) is 2.